The van der Waals surface area contributed by atoms with Crippen LogP contribution < -0.4 is 11.5 Å². The van der Waals surface area contributed by atoms with Crippen LogP contribution in [-0.2, 0) is 16.1 Å². The molecule has 0 aliphatic rings. The Morgan fingerprint density at radius 1 is 1.50 bits per heavy atom. The molecule has 0 saturated carbocycles. The predicted molar refractivity (Wildman–Crippen MR) is 75.2 cm³/mol. The van der Waals surface area contributed by atoms with Gasteiger partial charge in [-0.3, -0.25) is 13.9 Å². The van der Waals surface area contributed by atoms with Crippen molar-refractivity contribution in [1.82, 2.24) is 9.72 Å². The fourth-order valence-corrected chi connectivity index (χ4v) is 1.40. The molecule has 7 heteroatoms. The van der Waals surface area contributed by atoms with Crippen molar-refractivity contribution in [2.24, 2.45) is 5.73 Å². The van der Waals surface area contributed by atoms with E-state index < -0.39 is 17.8 Å². The van der Waals surface area contributed by atoms with Gasteiger partial charge in [0.1, 0.15) is 6.04 Å². The number of ether oxygens (including phenoxy) is 1. The van der Waals surface area contributed by atoms with Gasteiger partial charge in [0.25, 0.3) is 0 Å². The Morgan fingerprint density at radius 3 is 2.65 bits per heavy atom. The first-order valence-corrected chi connectivity index (χ1v) is 6.57. The molecule has 1 unspecified atom stereocenters. The molecule has 20 heavy (non-hydrogen) atoms. The number of methoxy groups -OCH3 is 1. The van der Waals surface area contributed by atoms with E-state index in [1.165, 1.54) is 11.7 Å². The molecule has 2 N–H and O–H groups in total. The second-order valence-electron chi connectivity index (χ2n) is 3.77. The van der Waals surface area contributed by atoms with Gasteiger partial charge < -0.3 is 10.5 Å². The van der Waals surface area contributed by atoms with Crippen molar-refractivity contribution in [3.8, 4) is 0 Å². The lowest BCUT2D eigenvalue weighted by molar-refractivity contribution is -0.142. The number of nitrogens with two attached hydrogens (primary N) is 1. The van der Waals surface area contributed by atoms with Crippen LogP contribution in [0.4, 0.5) is 0 Å². The second-order valence-corrected chi connectivity index (χ2v) is 3.77. The van der Waals surface area contributed by atoms with Crippen LogP contribution in [-0.4, -0.2) is 28.8 Å². The Bertz CT molecular complexity index is 476. The number of rotatable bonds is 6. The summed E-state index contributed by atoms with van der Waals surface area (Å²) < 4.78 is 10.4. The van der Waals surface area contributed by atoms with E-state index in [0.29, 0.717) is 25.2 Å². The van der Waals surface area contributed by atoms with Crippen molar-refractivity contribution in [3.05, 3.63) is 28.5 Å². The first kappa shape index (κ1) is 18.1. The second kappa shape index (κ2) is 9.96. The van der Waals surface area contributed by atoms with Gasteiger partial charge in [0.15, 0.2) is 5.82 Å². The number of carbonyl (C=O) groups excluding carboxylic acids is 1. The smallest absolute Gasteiger partial charge is 0.441 e. The average Bonchev–Trinajstić information content (AvgIpc) is 2.79. The fourth-order valence-electron chi connectivity index (χ4n) is 1.40. The number of aromatic nitrogens is 2. The highest BCUT2D eigenvalue weighted by atomic mass is 16.5. The summed E-state index contributed by atoms with van der Waals surface area (Å²) in [5, 5.41) is 3.55. The van der Waals surface area contributed by atoms with Gasteiger partial charge in [-0.2, -0.15) is 0 Å². The molecule has 0 bridgehead atoms. The van der Waals surface area contributed by atoms with E-state index in [4.69, 9.17) is 5.73 Å². The largest absolute Gasteiger partial charge is 0.468 e. The van der Waals surface area contributed by atoms with Crippen LogP contribution in [0.25, 0.3) is 0 Å². The Hall–Kier alpha value is -1.89. The summed E-state index contributed by atoms with van der Waals surface area (Å²) in [6.07, 6.45) is 4.68. The maximum absolute atomic E-state index is 11.2. The molecule has 0 radical (unpaired) electrons. The average molecular weight is 285 g/mol. The Morgan fingerprint density at radius 2 is 2.15 bits per heavy atom. The molecule has 0 aliphatic carbocycles. The van der Waals surface area contributed by atoms with E-state index in [1.807, 2.05) is 19.9 Å². The van der Waals surface area contributed by atoms with Crippen LogP contribution in [0.3, 0.4) is 0 Å². The monoisotopic (exact) mass is 285 g/mol. The van der Waals surface area contributed by atoms with Crippen LogP contribution in [0.15, 0.2) is 21.5 Å². The quantitative estimate of drug-likeness (QED) is 0.618. The lowest BCUT2D eigenvalue weighted by atomic mass is 10.2. The zero-order valence-corrected chi connectivity index (χ0v) is 12.5. The molecule has 1 aromatic rings. The lowest BCUT2D eigenvalue weighted by Gasteiger charge is -2.05. The molecule has 0 saturated heterocycles. The third-order valence-corrected chi connectivity index (χ3v) is 2.45. The molecule has 0 aliphatic heterocycles. The first-order valence-electron chi connectivity index (χ1n) is 6.57. The van der Waals surface area contributed by atoms with Crippen LogP contribution in [0.1, 0.15) is 32.5 Å². The predicted octanol–water partition coefficient (Wildman–Crippen LogP) is 1.01. The summed E-state index contributed by atoms with van der Waals surface area (Å²) in [7, 11) is 1.30. The van der Waals surface area contributed by atoms with Crippen LogP contribution in [0, 0.1) is 6.92 Å². The van der Waals surface area contributed by atoms with E-state index in [-0.39, 0.29) is 0 Å². The summed E-state index contributed by atoms with van der Waals surface area (Å²) >= 11 is 0. The topological polar surface area (TPSA) is 100 Å². The number of hydrogen-bond acceptors (Lipinski definition) is 6. The molecule has 7 nitrogen and oxygen atoms in total. The molecule has 0 fully saturated rings. The number of hydrogen-bond donors (Lipinski definition) is 1. The summed E-state index contributed by atoms with van der Waals surface area (Å²) in [5.41, 5.74) is 5.55. The van der Waals surface area contributed by atoms with Crippen molar-refractivity contribution >= 4 is 5.97 Å². The molecule has 1 aromatic heterocycles. The zero-order chi connectivity index (χ0) is 15.5. The summed E-state index contributed by atoms with van der Waals surface area (Å²) in [5.74, 6) is -0.363. The third-order valence-electron chi connectivity index (χ3n) is 2.45. The molecule has 0 amide bonds. The zero-order valence-electron chi connectivity index (χ0n) is 12.5. The van der Waals surface area contributed by atoms with Gasteiger partial charge in [-0.15, -0.1) is 0 Å². The Balaban J connectivity index is 0.00000172. The minimum absolute atomic E-state index is 0.407. The molecule has 1 heterocycles. The Labute approximate surface area is 118 Å². The molecular formula is C13H23N3O4. The first-order chi connectivity index (χ1) is 9.56. The minimum Gasteiger partial charge on any atom is -0.468 e. The number of aryl methyl sites for hydroxylation is 1. The SMILES string of the molecule is CC.COC(=O)C(N)C/C=C\CCn1c(C)noc1=O. The molecule has 0 spiro atoms. The number of esters is 1. The molecule has 1 rings (SSSR count). The summed E-state index contributed by atoms with van der Waals surface area (Å²) in [4.78, 5) is 22.2. The number of nitrogens with zero attached hydrogens (tertiary/aromatic N) is 2. The van der Waals surface area contributed by atoms with Crippen molar-refractivity contribution < 1.29 is 14.1 Å². The maximum Gasteiger partial charge on any atom is 0.441 e. The highest BCUT2D eigenvalue weighted by Crippen LogP contribution is 1.97. The Kier molecular flexibility index (Phi) is 9.02. The highest BCUT2D eigenvalue weighted by Gasteiger charge is 2.10. The summed E-state index contributed by atoms with van der Waals surface area (Å²) in [6.45, 7) is 6.18. The van der Waals surface area contributed by atoms with E-state index in [1.54, 1.807) is 13.0 Å². The fraction of sp³-hybridized carbons (Fsp3) is 0.615. The van der Waals surface area contributed by atoms with Crippen LogP contribution in [0.5, 0.6) is 0 Å². The maximum atomic E-state index is 11.2. The molecular weight excluding hydrogens is 262 g/mol. The standard InChI is InChI=1S/C11H17N3O4.C2H6/c1-8-13-18-11(16)14(8)7-5-3-4-6-9(12)10(15)17-2;1-2/h3-4,9H,5-7,12H2,1-2H3;1-2H3/b4-3-;. The van der Waals surface area contributed by atoms with Crippen LogP contribution >= 0.6 is 0 Å². The molecule has 1 atom stereocenters. The molecule has 0 aromatic carbocycles. The van der Waals surface area contributed by atoms with Crippen molar-refractivity contribution in [2.45, 2.75) is 46.2 Å². The number of carbonyl (C=O) groups is 1. The van der Waals surface area contributed by atoms with Gasteiger partial charge in [0.05, 0.1) is 7.11 Å². The van der Waals surface area contributed by atoms with E-state index in [9.17, 15) is 9.59 Å². The van der Waals surface area contributed by atoms with Crippen molar-refractivity contribution in [2.75, 3.05) is 7.11 Å². The van der Waals surface area contributed by atoms with E-state index in [0.717, 1.165) is 0 Å². The van der Waals surface area contributed by atoms with Gasteiger partial charge >= 0.3 is 11.7 Å². The third kappa shape index (κ3) is 5.83. The highest BCUT2D eigenvalue weighted by molar-refractivity contribution is 5.75. The van der Waals surface area contributed by atoms with E-state index >= 15 is 0 Å². The van der Waals surface area contributed by atoms with Crippen molar-refractivity contribution in [3.63, 3.8) is 0 Å². The van der Waals surface area contributed by atoms with Gasteiger partial charge in [-0.05, 0) is 19.8 Å². The van der Waals surface area contributed by atoms with Gasteiger partial charge in [-0.25, -0.2) is 4.79 Å². The van der Waals surface area contributed by atoms with Gasteiger partial charge in [0.2, 0.25) is 0 Å². The minimum atomic E-state index is -0.647. The summed E-state index contributed by atoms with van der Waals surface area (Å²) in [6, 6.07) is -0.647. The van der Waals surface area contributed by atoms with Crippen LogP contribution in [0.2, 0.25) is 0 Å². The lowest BCUT2D eigenvalue weighted by Crippen LogP contribution is -2.30. The number of allylic oxidation sites excluding steroid dienone is 1. The van der Waals surface area contributed by atoms with Crippen molar-refractivity contribution in [1.29, 1.82) is 0 Å². The van der Waals surface area contributed by atoms with E-state index in [2.05, 4.69) is 14.4 Å². The van der Waals surface area contributed by atoms with Gasteiger partial charge in [-0.1, -0.05) is 31.2 Å². The van der Waals surface area contributed by atoms with Gasteiger partial charge in [0, 0.05) is 6.54 Å². The normalized spacial score (nSPS) is 11.8. The molecule has 114 valence electrons.